The van der Waals surface area contributed by atoms with Crippen LogP contribution in [0, 0.1) is 6.92 Å². The highest BCUT2D eigenvalue weighted by Gasteiger charge is 2.25. The number of ether oxygens (including phenoxy) is 4. The fraction of sp³-hybridized carbons (Fsp3) is 0.349. The van der Waals surface area contributed by atoms with Crippen LogP contribution >= 0.6 is 0 Å². The average Bonchev–Trinajstić information content (AvgIpc) is 3.73. The smallest absolute Gasteiger partial charge is 0.255 e. The fourth-order valence-corrected chi connectivity index (χ4v) is 6.82. The van der Waals surface area contributed by atoms with Crippen molar-refractivity contribution >= 4 is 11.6 Å². The molecule has 296 valence electrons. The van der Waals surface area contributed by atoms with Gasteiger partial charge in [-0.15, -0.1) is 0 Å². The Kier molecular flexibility index (Phi) is 13.5. The van der Waals surface area contributed by atoms with Crippen LogP contribution in [0.5, 0.6) is 23.0 Å². The lowest BCUT2D eigenvalue weighted by molar-refractivity contribution is 0.0935. The van der Waals surface area contributed by atoms with Crippen molar-refractivity contribution in [3.63, 3.8) is 0 Å². The van der Waals surface area contributed by atoms with Gasteiger partial charge in [0.05, 0.1) is 59.4 Å². The molecule has 1 aromatic heterocycles. The maximum absolute atomic E-state index is 12.7. The van der Waals surface area contributed by atoms with Crippen molar-refractivity contribution in [1.82, 2.24) is 10.5 Å². The van der Waals surface area contributed by atoms with Gasteiger partial charge in [0.1, 0.15) is 17.6 Å². The van der Waals surface area contributed by atoms with Gasteiger partial charge in [0.15, 0.2) is 17.3 Å². The summed E-state index contributed by atoms with van der Waals surface area (Å²) in [7, 11) is 3.12. The highest BCUT2D eigenvalue weighted by atomic mass is 16.5. The van der Waals surface area contributed by atoms with E-state index in [0.717, 1.165) is 48.9 Å². The molecule has 1 aliphatic rings. The van der Waals surface area contributed by atoms with Crippen molar-refractivity contribution in [2.24, 2.45) is 0 Å². The molecular weight excluding hydrogens is 718 g/mol. The lowest BCUT2D eigenvalue weighted by Gasteiger charge is -2.29. The molecule has 1 atom stereocenters. The lowest BCUT2D eigenvalue weighted by Crippen LogP contribution is -2.38. The first-order valence-corrected chi connectivity index (χ1v) is 18.7. The summed E-state index contributed by atoms with van der Waals surface area (Å²) in [4.78, 5) is 12.7. The molecular formula is C43H49N3O10. The number of anilines is 1. The molecule has 2 heterocycles. The third-order valence-electron chi connectivity index (χ3n) is 9.86. The van der Waals surface area contributed by atoms with E-state index in [0.29, 0.717) is 86.6 Å². The largest absolute Gasteiger partial charge is 0.493 e. The summed E-state index contributed by atoms with van der Waals surface area (Å²) in [5, 5.41) is 50.0. The number of aryl methyl sites for hydroxylation is 1. The Bertz CT molecular complexity index is 2080. The lowest BCUT2D eigenvalue weighted by atomic mass is 9.97. The molecule has 13 nitrogen and oxygen atoms in total. The minimum Gasteiger partial charge on any atom is -0.493 e. The van der Waals surface area contributed by atoms with Crippen LogP contribution in [0.2, 0.25) is 0 Å². The summed E-state index contributed by atoms with van der Waals surface area (Å²) in [5.74, 6) is 2.36. The van der Waals surface area contributed by atoms with Crippen molar-refractivity contribution < 1.29 is 48.7 Å². The number of carbonyl (C=O) groups is 1. The normalized spacial score (nSPS) is 13.5. The second-order valence-corrected chi connectivity index (χ2v) is 13.6. The molecule has 5 aromatic rings. The van der Waals surface area contributed by atoms with Gasteiger partial charge in [-0.2, -0.15) is 0 Å². The van der Waals surface area contributed by atoms with E-state index in [1.54, 1.807) is 44.6 Å². The van der Waals surface area contributed by atoms with E-state index in [9.17, 15) is 25.2 Å². The first kappa shape index (κ1) is 40.1. The van der Waals surface area contributed by atoms with Gasteiger partial charge >= 0.3 is 0 Å². The van der Waals surface area contributed by atoms with Gasteiger partial charge in [0.2, 0.25) is 5.75 Å². The molecule has 1 aliphatic heterocycles. The summed E-state index contributed by atoms with van der Waals surface area (Å²) in [6.45, 7) is 1.85. The van der Waals surface area contributed by atoms with Crippen LogP contribution in [-0.4, -0.2) is 58.9 Å². The van der Waals surface area contributed by atoms with Crippen molar-refractivity contribution in [3.8, 4) is 45.6 Å². The Morgan fingerprint density at radius 3 is 1.98 bits per heavy atom. The van der Waals surface area contributed by atoms with Crippen LogP contribution in [-0.2, 0) is 26.4 Å². The van der Waals surface area contributed by atoms with E-state index < -0.39 is 6.17 Å². The minimum atomic E-state index is -0.412. The number of carbonyl (C=O) groups excluding carboxylic acids is 1. The summed E-state index contributed by atoms with van der Waals surface area (Å²) < 4.78 is 29.1. The number of benzene rings is 4. The predicted octanol–water partition coefficient (Wildman–Crippen LogP) is 6.57. The highest BCUT2D eigenvalue weighted by Crippen LogP contribution is 2.42. The number of fused-ring (bicyclic) bond motifs is 1. The maximum Gasteiger partial charge on any atom is 0.255 e. The highest BCUT2D eigenvalue weighted by molar-refractivity contribution is 6.01. The molecule has 0 aliphatic carbocycles. The molecule has 0 spiro atoms. The van der Waals surface area contributed by atoms with Crippen LogP contribution < -0.4 is 29.6 Å². The van der Waals surface area contributed by atoms with E-state index in [2.05, 4.69) is 15.8 Å². The summed E-state index contributed by atoms with van der Waals surface area (Å²) in [5.41, 5.74) is 7.18. The van der Waals surface area contributed by atoms with Gasteiger partial charge in [-0.25, -0.2) is 0 Å². The molecule has 13 heteroatoms. The van der Waals surface area contributed by atoms with Crippen LogP contribution in [0.4, 0.5) is 5.69 Å². The Morgan fingerprint density at radius 2 is 1.34 bits per heavy atom. The van der Waals surface area contributed by atoms with Crippen LogP contribution in [0.25, 0.3) is 22.6 Å². The molecule has 0 saturated carbocycles. The predicted molar refractivity (Wildman–Crippen MR) is 210 cm³/mol. The number of amides is 1. The van der Waals surface area contributed by atoms with Gasteiger partial charge in [-0.1, -0.05) is 42.1 Å². The van der Waals surface area contributed by atoms with Crippen molar-refractivity contribution in [3.05, 3.63) is 106 Å². The van der Waals surface area contributed by atoms with Crippen molar-refractivity contribution in [1.29, 1.82) is 0 Å². The zero-order valence-corrected chi connectivity index (χ0v) is 31.9. The van der Waals surface area contributed by atoms with E-state index in [-0.39, 0.29) is 32.3 Å². The number of rotatable bonds is 19. The fourth-order valence-electron chi connectivity index (χ4n) is 6.82. The Labute approximate surface area is 325 Å². The van der Waals surface area contributed by atoms with Crippen molar-refractivity contribution in [2.45, 2.75) is 71.6 Å². The molecule has 0 radical (unpaired) electrons. The SMILES string of the molecule is COc1cc(-c2cc(-c3cc(CO)c(CO)c(CO)c3)on2)cc(OC)c1OCCCCCCCOc1ccc(C2NC(=O)c3cc(C)ccc3N2)cc1CO. The third kappa shape index (κ3) is 9.09. The number of hydrogen-bond donors (Lipinski definition) is 6. The van der Waals surface area contributed by atoms with Gasteiger partial charge in [0.25, 0.3) is 5.91 Å². The van der Waals surface area contributed by atoms with E-state index in [1.165, 1.54) is 0 Å². The van der Waals surface area contributed by atoms with Gasteiger partial charge < -0.3 is 54.5 Å². The minimum absolute atomic E-state index is 0.139. The summed E-state index contributed by atoms with van der Waals surface area (Å²) in [6.07, 6.45) is 4.20. The topological polar surface area (TPSA) is 185 Å². The van der Waals surface area contributed by atoms with Gasteiger partial charge in [-0.3, -0.25) is 4.79 Å². The number of nitrogens with zero attached hydrogens (tertiary/aromatic N) is 1. The van der Waals surface area contributed by atoms with E-state index in [4.69, 9.17) is 23.5 Å². The molecule has 56 heavy (non-hydrogen) atoms. The molecule has 0 saturated heterocycles. The molecule has 1 amide bonds. The Morgan fingerprint density at radius 1 is 0.679 bits per heavy atom. The molecule has 1 unspecified atom stereocenters. The number of unbranched alkanes of at least 4 members (excludes halogenated alkanes) is 4. The average molecular weight is 768 g/mol. The number of aromatic nitrogens is 1. The van der Waals surface area contributed by atoms with Crippen molar-refractivity contribution in [2.75, 3.05) is 32.8 Å². The second kappa shape index (κ2) is 18.8. The van der Waals surface area contributed by atoms with E-state index in [1.807, 2.05) is 43.3 Å². The van der Waals surface area contributed by atoms with Crippen LogP contribution in [0.15, 0.2) is 71.3 Å². The van der Waals surface area contributed by atoms with Gasteiger partial charge in [-0.05, 0) is 90.6 Å². The number of hydrogen-bond acceptors (Lipinski definition) is 12. The second-order valence-electron chi connectivity index (χ2n) is 13.6. The molecule has 6 N–H and O–H groups in total. The molecule has 4 aromatic carbocycles. The zero-order chi connectivity index (χ0) is 39.6. The first-order chi connectivity index (χ1) is 27.3. The quantitative estimate of drug-likeness (QED) is 0.0498. The van der Waals surface area contributed by atoms with E-state index >= 15 is 0 Å². The standard InChI is InChI=1S/C43H49N3O10/c1-26-9-11-35-33(15-26)43(51)45-42(44-35)27-10-12-37(32(16-27)24-49)54-13-7-5-4-6-8-14-55-41-39(52-2)19-28(20-40(41)53-3)36-21-38(56-46-36)29-17-30(22-47)34(25-50)31(18-29)23-48/h9-12,15-21,42,44,47-50H,4-8,13-14,22-25H2,1-3H3,(H,45,51). The number of aliphatic hydroxyl groups is 4. The van der Waals surface area contributed by atoms with Crippen LogP contribution in [0.3, 0.4) is 0 Å². The Balaban J connectivity index is 0.964. The number of aliphatic hydroxyl groups excluding tert-OH is 4. The maximum atomic E-state index is 12.7. The number of methoxy groups -OCH3 is 2. The molecule has 6 rings (SSSR count). The zero-order valence-electron chi connectivity index (χ0n) is 31.9. The first-order valence-electron chi connectivity index (χ1n) is 18.7. The van der Waals surface area contributed by atoms with Gasteiger partial charge in [0, 0.05) is 28.4 Å². The summed E-state index contributed by atoms with van der Waals surface area (Å²) >= 11 is 0. The monoisotopic (exact) mass is 767 g/mol. The summed E-state index contributed by atoms with van der Waals surface area (Å²) in [6, 6.07) is 20.1. The molecule has 0 bridgehead atoms. The number of nitrogens with one attached hydrogen (secondary N) is 2. The molecule has 0 fully saturated rings. The Hall–Kier alpha value is -5.60. The third-order valence-corrected chi connectivity index (χ3v) is 9.86. The van der Waals surface area contributed by atoms with Crippen LogP contribution in [0.1, 0.15) is 82.0 Å².